The lowest BCUT2D eigenvalue weighted by Gasteiger charge is -2.28. The summed E-state index contributed by atoms with van der Waals surface area (Å²) in [6.45, 7) is 0. The Balaban J connectivity index is 1.11. The van der Waals surface area contributed by atoms with Crippen molar-refractivity contribution >= 4 is 60.5 Å². The summed E-state index contributed by atoms with van der Waals surface area (Å²) in [7, 11) is 0. The third-order valence-electron chi connectivity index (χ3n) is 10.7. The molecule has 10 rings (SSSR count). The van der Waals surface area contributed by atoms with E-state index in [1.807, 2.05) is 146 Å². The molecule has 4 N–H and O–H groups in total. The molecule has 268 valence electrons. The van der Waals surface area contributed by atoms with Crippen LogP contribution in [0.3, 0.4) is 0 Å². The van der Waals surface area contributed by atoms with Crippen molar-refractivity contribution in [2.75, 3.05) is 4.90 Å². The first kappa shape index (κ1) is 32.9. The van der Waals surface area contributed by atoms with Gasteiger partial charge in [-0.2, -0.15) is 0 Å². The number of anilines is 3. The topological polar surface area (TPSA) is 97.3 Å². The molecule has 0 radical (unpaired) electrons. The SMILES string of the molecule is Oc1c(O)c(N(c2ccc(-c3ccccc3)cc2)c2ccc(-c3cccc4ccccc34)cc2)c(O)c(O)c1-c1ccc2cc3oc4ccccc4c3cc2c1. The maximum atomic E-state index is 11.9. The molecule has 9 aromatic carbocycles. The van der Waals surface area contributed by atoms with E-state index < -0.39 is 23.0 Å². The molecule has 0 fully saturated rings. The van der Waals surface area contributed by atoms with E-state index in [1.54, 1.807) is 11.0 Å². The Morgan fingerprint density at radius 3 is 1.68 bits per heavy atom. The lowest BCUT2D eigenvalue weighted by atomic mass is 9.96. The predicted octanol–water partition coefficient (Wildman–Crippen LogP) is 13.2. The number of fused-ring (bicyclic) bond motifs is 5. The molecule has 1 heterocycles. The minimum absolute atomic E-state index is 0.0894. The van der Waals surface area contributed by atoms with Gasteiger partial charge in [0.25, 0.3) is 0 Å². The standard InChI is InChI=1S/C50H33NO5/c52-47-45(35-18-17-34-29-44-42(28-36(34)27-35)41-14-6-7-16-43(41)56-44)48(53)50(55)46(49(47)54)51(37-23-19-31(20-24-37)30-9-2-1-3-10-30)38-25-21-33(22-26-38)40-15-8-12-32-11-4-5-13-39(32)40/h1-29,52-55H. The fourth-order valence-electron chi connectivity index (χ4n) is 7.90. The summed E-state index contributed by atoms with van der Waals surface area (Å²) in [5, 5.41) is 53.2. The number of phenols is 4. The fourth-order valence-corrected chi connectivity index (χ4v) is 7.90. The molecule has 10 aromatic rings. The molecule has 0 aliphatic heterocycles. The lowest BCUT2D eigenvalue weighted by Crippen LogP contribution is -2.11. The first-order valence-electron chi connectivity index (χ1n) is 18.3. The van der Waals surface area contributed by atoms with E-state index in [0.717, 1.165) is 65.7 Å². The van der Waals surface area contributed by atoms with Crippen molar-refractivity contribution in [1.82, 2.24) is 0 Å². The van der Waals surface area contributed by atoms with E-state index in [0.29, 0.717) is 16.9 Å². The van der Waals surface area contributed by atoms with E-state index in [2.05, 4.69) is 24.3 Å². The largest absolute Gasteiger partial charge is 0.504 e. The molecule has 0 aliphatic rings. The van der Waals surface area contributed by atoms with Gasteiger partial charge in [-0.1, -0.05) is 127 Å². The minimum Gasteiger partial charge on any atom is -0.504 e. The molecule has 56 heavy (non-hydrogen) atoms. The zero-order valence-electron chi connectivity index (χ0n) is 29.9. The van der Waals surface area contributed by atoms with Crippen LogP contribution in [0.4, 0.5) is 17.1 Å². The first-order valence-corrected chi connectivity index (χ1v) is 18.3. The molecule has 0 saturated carbocycles. The number of furan rings is 1. The van der Waals surface area contributed by atoms with Crippen LogP contribution in [0.5, 0.6) is 23.0 Å². The molecular weight excluding hydrogens is 695 g/mol. The van der Waals surface area contributed by atoms with E-state index in [4.69, 9.17) is 4.42 Å². The van der Waals surface area contributed by atoms with E-state index in [1.165, 1.54) is 0 Å². The summed E-state index contributed by atoms with van der Waals surface area (Å²) >= 11 is 0. The second-order valence-electron chi connectivity index (χ2n) is 13.9. The maximum Gasteiger partial charge on any atom is 0.186 e. The molecule has 0 unspecified atom stereocenters. The molecule has 6 heteroatoms. The molecule has 0 bridgehead atoms. The average Bonchev–Trinajstić information content (AvgIpc) is 3.61. The number of hydrogen-bond acceptors (Lipinski definition) is 6. The van der Waals surface area contributed by atoms with Crippen LogP contribution < -0.4 is 4.90 Å². The summed E-state index contributed by atoms with van der Waals surface area (Å²) < 4.78 is 6.08. The molecule has 0 amide bonds. The summed E-state index contributed by atoms with van der Waals surface area (Å²) in [4.78, 5) is 1.64. The summed E-state index contributed by atoms with van der Waals surface area (Å²) in [5.41, 5.74) is 6.92. The number of aromatic hydroxyl groups is 4. The van der Waals surface area contributed by atoms with Crippen LogP contribution in [0.15, 0.2) is 180 Å². The predicted molar refractivity (Wildman–Crippen MR) is 226 cm³/mol. The monoisotopic (exact) mass is 727 g/mol. The Morgan fingerprint density at radius 2 is 0.946 bits per heavy atom. The second kappa shape index (κ2) is 13.0. The number of rotatable bonds is 6. The molecule has 1 aromatic heterocycles. The van der Waals surface area contributed by atoms with Gasteiger partial charge in [0.05, 0.1) is 5.56 Å². The minimum atomic E-state index is -0.586. The fraction of sp³-hybridized carbons (Fsp3) is 0. The highest BCUT2D eigenvalue weighted by Gasteiger charge is 2.30. The number of phenolic OH excluding ortho intramolecular Hbond substituents is 4. The van der Waals surface area contributed by atoms with Crippen molar-refractivity contribution in [3.05, 3.63) is 176 Å². The highest BCUT2D eigenvalue weighted by molar-refractivity contribution is 6.11. The zero-order chi connectivity index (χ0) is 37.9. The second-order valence-corrected chi connectivity index (χ2v) is 13.9. The number of benzene rings is 9. The van der Waals surface area contributed by atoms with Gasteiger partial charge < -0.3 is 29.7 Å². The summed E-state index contributed by atoms with van der Waals surface area (Å²) in [5.74, 6) is -2.31. The summed E-state index contributed by atoms with van der Waals surface area (Å²) in [6, 6.07) is 57.0. The average molecular weight is 728 g/mol. The van der Waals surface area contributed by atoms with Gasteiger partial charge in [-0.15, -0.1) is 0 Å². The van der Waals surface area contributed by atoms with Crippen LogP contribution in [0, 0.1) is 0 Å². The van der Waals surface area contributed by atoms with Gasteiger partial charge in [0.1, 0.15) is 16.9 Å². The Hall–Kier alpha value is -7.70. The van der Waals surface area contributed by atoms with Gasteiger partial charge in [-0.05, 0) is 97.9 Å². The number of hydrogen-bond donors (Lipinski definition) is 4. The van der Waals surface area contributed by atoms with Crippen LogP contribution in [0.1, 0.15) is 0 Å². The van der Waals surface area contributed by atoms with Gasteiger partial charge in [0, 0.05) is 22.1 Å². The Kier molecular flexibility index (Phi) is 7.64. The van der Waals surface area contributed by atoms with Crippen molar-refractivity contribution in [3.63, 3.8) is 0 Å². The Bertz CT molecular complexity index is 3080. The number of nitrogens with zero attached hydrogens (tertiary/aromatic N) is 1. The Morgan fingerprint density at radius 1 is 0.357 bits per heavy atom. The van der Waals surface area contributed by atoms with Crippen molar-refractivity contribution in [2.45, 2.75) is 0 Å². The van der Waals surface area contributed by atoms with Gasteiger partial charge in [0.2, 0.25) is 0 Å². The van der Waals surface area contributed by atoms with Crippen LogP contribution in [0.2, 0.25) is 0 Å². The third kappa shape index (κ3) is 5.35. The van der Waals surface area contributed by atoms with Gasteiger partial charge in [0.15, 0.2) is 23.0 Å². The van der Waals surface area contributed by atoms with Crippen LogP contribution in [-0.4, -0.2) is 20.4 Å². The third-order valence-corrected chi connectivity index (χ3v) is 10.7. The van der Waals surface area contributed by atoms with Gasteiger partial charge in [-0.25, -0.2) is 0 Å². The highest BCUT2D eigenvalue weighted by Crippen LogP contribution is 2.58. The maximum absolute atomic E-state index is 11.9. The van der Waals surface area contributed by atoms with Crippen molar-refractivity contribution in [3.8, 4) is 56.4 Å². The van der Waals surface area contributed by atoms with Gasteiger partial charge in [-0.3, -0.25) is 0 Å². The smallest absolute Gasteiger partial charge is 0.186 e. The lowest BCUT2D eigenvalue weighted by molar-refractivity contribution is 0.377. The molecule has 0 aliphatic carbocycles. The van der Waals surface area contributed by atoms with Gasteiger partial charge >= 0.3 is 0 Å². The van der Waals surface area contributed by atoms with E-state index >= 15 is 0 Å². The van der Waals surface area contributed by atoms with Crippen molar-refractivity contribution in [2.24, 2.45) is 0 Å². The Labute approximate surface area is 321 Å². The van der Waals surface area contributed by atoms with Crippen molar-refractivity contribution < 1.29 is 24.8 Å². The zero-order valence-corrected chi connectivity index (χ0v) is 29.9. The van der Waals surface area contributed by atoms with E-state index in [-0.39, 0.29) is 11.3 Å². The van der Waals surface area contributed by atoms with Crippen LogP contribution in [0.25, 0.3) is 76.9 Å². The summed E-state index contributed by atoms with van der Waals surface area (Å²) in [6.07, 6.45) is 0. The molecule has 0 atom stereocenters. The molecular formula is C50H33NO5. The molecule has 0 spiro atoms. The molecule has 0 saturated heterocycles. The quantitative estimate of drug-likeness (QED) is 0.101. The van der Waals surface area contributed by atoms with Crippen LogP contribution in [-0.2, 0) is 0 Å². The first-order chi connectivity index (χ1) is 27.4. The molecule has 6 nitrogen and oxygen atoms in total. The highest BCUT2D eigenvalue weighted by atomic mass is 16.3. The van der Waals surface area contributed by atoms with Crippen LogP contribution >= 0.6 is 0 Å². The van der Waals surface area contributed by atoms with Crippen molar-refractivity contribution in [1.29, 1.82) is 0 Å². The van der Waals surface area contributed by atoms with E-state index in [9.17, 15) is 20.4 Å². The normalized spacial score (nSPS) is 11.5. The number of para-hydroxylation sites is 1.